The van der Waals surface area contributed by atoms with Gasteiger partial charge in [-0.1, -0.05) is 30.3 Å². The van der Waals surface area contributed by atoms with Crippen molar-refractivity contribution in [2.24, 2.45) is 0 Å². The summed E-state index contributed by atoms with van der Waals surface area (Å²) in [5.41, 5.74) is 0.943. The molecule has 0 radical (unpaired) electrons. The van der Waals surface area contributed by atoms with Gasteiger partial charge in [0.2, 0.25) is 0 Å². The van der Waals surface area contributed by atoms with Crippen LogP contribution in [0.4, 0.5) is 0 Å². The topological polar surface area (TPSA) is 63.2 Å². The van der Waals surface area contributed by atoms with Gasteiger partial charge in [-0.3, -0.25) is 4.79 Å². The molecule has 0 amide bonds. The molecule has 2 saturated heterocycles. The summed E-state index contributed by atoms with van der Waals surface area (Å²) < 4.78 is 29.2. The summed E-state index contributed by atoms with van der Waals surface area (Å²) in [6.45, 7) is 5.64. The molecule has 0 aromatic heterocycles. The first-order chi connectivity index (χ1) is 11.9. The second kappa shape index (κ2) is 7.41. The highest BCUT2D eigenvalue weighted by Gasteiger charge is 2.47. The molecule has 2 aliphatic heterocycles. The summed E-state index contributed by atoms with van der Waals surface area (Å²) >= 11 is 0. The zero-order valence-corrected chi connectivity index (χ0v) is 15.1. The van der Waals surface area contributed by atoms with E-state index in [1.54, 1.807) is 7.11 Å². The molecule has 2 fully saturated rings. The van der Waals surface area contributed by atoms with Crippen LogP contribution in [0.5, 0.6) is 0 Å². The number of benzene rings is 1. The van der Waals surface area contributed by atoms with E-state index in [-0.39, 0.29) is 24.3 Å². The maximum atomic E-state index is 11.6. The molecular formula is C19H26O6. The molecule has 0 spiro atoms. The SMILES string of the molecule is CO[C@H]1C[C@H]([C@@H]2COC(C)(C)O2)O[C@@H](c2ccccc2)[C@@H]1OC(C)=O. The number of ether oxygens (including phenoxy) is 5. The van der Waals surface area contributed by atoms with Crippen LogP contribution in [0, 0.1) is 0 Å². The fourth-order valence-corrected chi connectivity index (χ4v) is 3.49. The number of esters is 1. The van der Waals surface area contributed by atoms with Crippen molar-refractivity contribution < 1.29 is 28.5 Å². The van der Waals surface area contributed by atoms with Crippen LogP contribution in [0.2, 0.25) is 0 Å². The molecule has 6 nitrogen and oxygen atoms in total. The number of hydrogen-bond acceptors (Lipinski definition) is 6. The van der Waals surface area contributed by atoms with Crippen LogP contribution in [0.25, 0.3) is 0 Å². The number of hydrogen-bond donors (Lipinski definition) is 0. The van der Waals surface area contributed by atoms with Gasteiger partial charge in [0.15, 0.2) is 11.9 Å². The summed E-state index contributed by atoms with van der Waals surface area (Å²) in [5.74, 6) is -0.970. The molecule has 1 aromatic carbocycles. The summed E-state index contributed by atoms with van der Waals surface area (Å²) in [5, 5.41) is 0. The van der Waals surface area contributed by atoms with Gasteiger partial charge in [-0.25, -0.2) is 0 Å². The molecule has 6 heteroatoms. The summed E-state index contributed by atoms with van der Waals surface area (Å²) in [6, 6.07) is 9.74. The zero-order chi connectivity index (χ0) is 18.0. The molecular weight excluding hydrogens is 324 g/mol. The van der Waals surface area contributed by atoms with Gasteiger partial charge < -0.3 is 23.7 Å². The third-order valence-electron chi connectivity index (χ3n) is 4.63. The molecule has 1 aromatic rings. The average molecular weight is 350 g/mol. The van der Waals surface area contributed by atoms with E-state index in [4.69, 9.17) is 23.7 Å². The first-order valence-electron chi connectivity index (χ1n) is 8.62. The van der Waals surface area contributed by atoms with Crippen molar-refractivity contribution >= 4 is 5.97 Å². The van der Waals surface area contributed by atoms with Gasteiger partial charge >= 0.3 is 5.97 Å². The van der Waals surface area contributed by atoms with E-state index in [2.05, 4.69) is 0 Å². The van der Waals surface area contributed by atoms with Crippen LogP contribution in [0.3, 0.4) is 0 Å². The third kappa shape index (κ3) is 4.20. The molecule has 0 unspecified atom stereocenters. The zero-order valence-electron chi connectivity index (χ0n) is 15.1. The Labute approximate surface area is 148 Å². The Bertz CT molecular complexity index is 587. The monoisotopic (exact) mass is 350 g/mol. The lowest BCUT2D eigenvalue weighted by molar-refractivity contribution is -0.225. The molecule has 5 atom stereocenters. The van der Waals surface area contributed by atoms with Gasteiger partial charge in [0, 0.05) is 20.5 Å². The Morgan fingerprint density at radius 2 is 1.92 bits per heavy atom. The summed E-state index contributed by atoms with van der Waals surface area (Å²) in [4.78, 5) is 11.6. The Kier molecular flexibility index (Phi) is 5.43. The molecule has 0 bridgehead atoms. The quantitative estimate of drug-likeness (QED) is 0.778. The van der Waals surface area contributed by atoms with E-state index in [0.717, 1.165) is 5.56 Å². The Hall–Kier alpha value is -1.47. The maximum absolute atomic E-state index is 11.6. The number of rotatable bonds is 4. The van der Waals surface area contributed by atoms with Crippen LogP contribution in [0.1, 0.15) is 38.9 Å². The van der Waals surface area contributed by atoms with Gasteiger partial charge in [0.1, 0.15) is 12.2 Å². The van der Waals surface area contributed by atoms with Crippen molar-refractivity contribution in [3.05, 3.63) is 35.9 Å². The molecule has 3 rings (SSSR count). The van der Waals surface area contributed by atoms with Crippen LogP contribution < -0.4 is 0 Å². The lowest BCUT2D eigenvalue weighted by Gasteiger charge is -2.42. The fraction of sp³-hybridized carbons (Fsp3) is 0.632. The van der Waals surface area contributed by atoms with E-state index in [1.807, 2.05) is 44.2 Å². The van der Waals surface area contributed by atoms with Gasteiger partial charge in [-0.15, -0.1) is 0 Å². The Morgan fingerprint density at radius 3 is 2.48 bits per heavy atom. The lowest BCUT2D eigenvalue weighted by atomic mass is 9.91. The van der Waals surface area contributed by atoms with Gasteiger partial charge in [0.25, 0.3) is 0 Å². The predicted octanol–water partition coefficient (Wildman–Crippen LogP) is 2.61. The Morgan fingerprint density at radius 1 is 1.20 bits per heavy atom. The number of methoxy groups -OCH3 is 1. The van der Waals surface area contributed by atoms with Crippen molar-refractivity contribution in [3.8, 4) is 0 Å². The van der Waals surface area contributed by atoms with E-state index in [9.17, 15) is 4.79 Å². The van der Waals surface area contributed by atoms with Crippen LogP contribution in [-0.4, -0.2) is 49.9 Å². The van der Waals surface area contributed by atoms with Crippen LogP contribution in [-0.2, 0) is 28.5 Å². The minimum absolute atomic E-state index is 0.183. The number of carbonyl (C=O) groups is 1. The van der Waals surface area contributed by atoms with Gasteiger partial charge in [0.05, 0.1) is 18.8 Å². The molecule has 138 valence electrons. The third-order valence-corrected chi connectivity index (χ3v) is 4.63. The highest BCUT2D eigenvalue weighted by molar-refractivity contribution is 5.66. The van der Waals surface area contributed by atoms with Crippen molar-refractivity contribution in [1.82, 2.24) is 0 Å². The molecule has 0 N–H and O–H groups in total. The fourth-order valence-electron chi connectivity index (χ4n) is 3.49. The second-order valence-electron chi connectivity index (χ2n) is 6.96. The van der Waals surface area contributed by atoms with Gasteiger partial charge in [-0.05, 0) is 19.4 Å². The smallest absolute Gasteiger partial charge is 0.303 e. The second-order valence-corrected chi connectivity index (χ2v) is 6.96. The molecule has 2 aliphatic rings. The molecule has 25 heavy (non-hydrogen) atoms. The molecule has 2 heterocycles. The molecule has 0 saturated carbocycles. The van der Waals surface area contributed by atoms with Gasteiger partial charge in [-0.2, -0.15) is 0 Å². The average Bonchev–Trinajstić information content (AvgIpc) is 2.95. The minimum atomic E-state index is -0.619. The van der Waals surface area contributed by atoms with Crippen molar-refractivity contribution in [1.29, 1.82) is 0 Å². The van der Waals surface area contributed by atoms with E-state index in [1.165, 1.54) is 6.92 Å². The van der Waals surface area contributed by atoms with Crippen molar-refractivity contribution in [3.63, 3.8) is 0 Å². The highest BCUT2D eigenvalue weighted by atomic mass is 16.8. The summed E-state index contributed by atoms with van der Waals surface area (Å²) in [6.07, 6.45) is -1.01. The first-order valence-corrected chi connectivity index (χ1v) is 8.62. The van der Waals surface area contributed by atoms with Crippen LogP contribution in [0.15, 0.2) is 30.3 Å². The van der Waals surface area contributed by atoms with E-state index in [0.29, 0.717) is 13.0 Å². The first kappa shape index (κ1) is 18.3. The lowest BCUT2D eigenvalue weighted by Crippen LogP contribution is -2.50. The van der Waals surface area contributed by atoms with Crippen molar-refractivity contribution in [2.75, 3.05) is 13.7 Å². The number of carbonyl (C=O) groups excluding carboxylic acids is 1. The normalized spacial score (nSPS) is 34.6. The summed E-state index contributed by atoms with van der Waals surface area (Å²) in [7, 11) is 1.63. The molecule has 0 aliphatic carbocycles. The van der Waals surface area contributed by atoms with E-state index >= 15 is 0 Å². The van der Waals surface area contributed by atoms with Crippen LogP contribution >= 0.6 is 0 Å². The highest BCUT2D eigenvalue weighted by Crippen LogP contribution is 2.39. The Balaban J connectivity index is 1.85. The minimum Gasteiger partial charge on any atom is -0.457 e. The largest absolute Gasteiger partial charge is 0.457 e. The standard InChI is InChI=1S/C19H26O6/c1-12(20)23-18-15(21-4)10-14(16-11-22-19(2,3)25-16)24-17(18)13-8-6-5-7-9-13/h5-9,14-18H,10-11H2,1-4H3/t14-,15+,16+,17+,18-/m1/s1. The van der Waals surface area contributed by atoms with E-state index < -0.39 is 18.0 Å². The predicted molar refractivity (Wildman–Crippen MR) is 89.9 cm³/mol. The van der Waals surface area contributed by atoms with Crippen molar-refractivity contribution in [2.45, 2.75) is 63.5 Å². The maximum Gasteiger partial charge on any atom is 0.303 e.